The van der Waals surface area contributed by atoms with Crippen LogP contribution in [0.2, 0.25) is 0 Å². The van der Waals surface area contributed by atoms with Crippen molar-refractivity contribution in [3.05, 3.63) is 58.9 Å². The summed E-state index contributed by atoms with van der Waals surface area (Å²) >= 11 is 1.79. The fraction of sp³-hybridized carbons (Fsp3) is 0.400. The molecule has 0 N–H and O–H groups in total. The van der Waals surface area contributed by atoms with Gasteiger partial charge in [0.2, 0.25) is 0 Å². The Labute approximate surface area is 147 Å². The molecule has 24 heavy (non-hydrogen) atoms. The van der Waals surface area contributed by atoms with Crippen LogP contribution in [-0.2, 0) is 6.42 Å². The van der Waals surface area contributed by atoms with Gasteiger partial charge in [0.15, 0.2) is 0 Å². The van der Waals surface area contributed by atoms with Crippen molar-refractivity contribution in [2.45, 2.75) is 29.2 Å². The van der Waals surface area contributed by atoms with Gasteiger partial charge in [-0.1, -0.05) is 23.9 Å². The highest BCUT2D eigenvalue weighted by atomic mass is 32.2. The summed E-state index contributed by atoms with van der Waals surface area (Å²) in [6, 6.07) is 12.3. The number of fused-ring (bicyclic) bond motifs is 2. The lowest BCUT2D eigenvalue weighted by molar-refractivity contribution is 0.109. The molecule has 0 saturated carbocycles. The van der Waals surface area contributed by atoms with Crippen LogP contribution in [0.1, 0.15) is 22.7 Å². The zero-order valence-electron chi connectivity index (χ0n) is 14.3. The number of aryl methyl sites for hydroxylation is 1. The van der Waals surface area contributed by atoms with Crippen LogP contribution in [0.4, 0.5) is 4.39 Å². The van der Waals surface area contributed by atoms with Crippen LogP contribution in [-0.4, -0.2) is 43.0 Å². The average molecular weight is 342 g/mol. The summed E-state index contributed by atoms with van der Waals surface area (Å²) in [5.41, 5.74) is 3.81. The van der Waals surface area contributed by atoms with Gasteiger partial charge in [-0.05, 0) is 61.3 Å². The minimum Gasteiger partial charge on any atom is -0.304 e. The molecule has 1 fully saturated rings. The van der Waals surface area contributed by atoms with Crippen LogP contribution in [0.25, 0.3) is 0 Å². The Morgan fingerprint density at radius 2 is 1.79 bits per heavy atom. The molecule has 0 amide bonds. The largest absolute Gasteiger partial charge is 0.304 e. The minimum atomic E-state index is -0.129. The highest BCUT2D eigenvalue weighted by Gasteiger charge is 2.29. The van der Waals surface area contributed by atoms with E-state index in [0.29, 0.717) is 0 Å². The van der Waals surface area contributed by atoms with Gasteiger partial charge in [-0.2, -0.15) is 0 Å². The van der Waals surface area contributed by atoms with Crippen LogP contribution < -0.4 is 0 Å². The molecule has 4 heteroatoms. The van der Waals surface area contributed by atoms with Gasteiger partial charge in [0.1, 0.15) is 5.82 Å². The Bertz CT molecular complexity index is 753. The van der Waals surface area contributed by atoms with Crippen molar-refractivity contribution in [3.63, 3.8) is 0 Å². The third kappa shape index (κ3) is 3.10. The Hall–Kier alpha value is -1.36. The van der Waals surface area contributed by atoms with Crippen LogP contribution in [0.5, 0.6) is 0 Å². The van der Waals surface area contributed by atoms with Crippen LogP contribution >= 0.6 is 11.8 Å². The third-order valence-corrected chi connectivity index (χ3v) is 6.36. The van der Waals surface area contributed by atoms with E-state index in [4.69, 9.17) is 0 Å². The fourth-order valence-electron chi connectivity index (χ4n) is 3.69. The molecule has 1 atom stereocenters. The Kier molecular flexibility index (Phi) is 4.37. The van der Waals surface area contributed by atoms with E-state index in [9.17, 15) is 4.39 Å². The molecule has 126 valence electrons. The van der Waals surface area contributed by atoms with E-state index in [-0.39, 0.29) is 11.9 Å². The summed E-state index contributed by atoms with van der Waals surface area (Å²) in [7, 11) is 2.17. The summed E-state index contributed by atoms with van der Waals surface area (Å²) in [6.07, 6.45) is 0.961. The molecule has 0 bridgehead atoms. The first kappa shape index (κ1) is 16.1. The second-order valence-electron chi connectivity index (χ2n) is 6.95. The molecule has 2 aromatic carbocycles. The molecule has 4 rings (SSSR count). The number of hydrogen-bond donors (Lipinski definition) is 0. The standard InChI is InChI=1S/C20H23FN2S/c1-14-3-4-15-12-18(23-9-7-22(2)8-10-23)17-13-16(21)5-6-19(17)24-20(15)11-14/h3-6,11,13,18H,7-10,12H2,1-2H3. The molecule has 0 radical (unpaired) electrons. The van der Waals surface area contributed by atoms with Gasteiger partial charge < -0.3 is 4.90 Å². The topological polar surface area (TPSA) is 6.48 Å². The summed E-state index contributed by atoms with van der Waals surface area (Å²) in [5, 5.41) is 0. The molecular weight excluding hydrogens is 319 g/mol. The van der Waals surface area contributed by atoms with Crippen molar-refractivity contribution in [1.29, 1.82) is 0 Å². The summed E-state index contributed by atoms with van der Waals surface area (Å²) in [4.78, 5) is 7.42. The number of rotatable bonds is 1. The zero-order chi connectivity index (χ0) is 16.7. The zero-order valence-corrected chi connectivity index (χ0v) is 15.1. The predicted octanol–water partition coefficient (Wildman–Crippen LogP) is 4.13. The average Bonchev–Trinajstić information content (AvgIpc) is 2.72. The van der Waals surface area contributed by atoms with Gasteiger partial charge in [0.05, 0.1) is 0 Å². The molecule has 0 spiro atoms. The van der Waals surface area contributed by atoms with Crippen molar-refractivity contribution in [1.82, 2.24) is 9.80 Å². The summed E-state index contributed by atoms with van der Waals surface area (Å²) in [6.45, 7) is 6.38. The second kappa shape index (κ2) is 6.51. The highest BCUT2D eigenvalue weighted by molar-refractivity contribution is 7.99. The van der Waals surface area contributed by atoms with E-state index in [0.717, 1.165) is 38.2 Å². The van der Waals surface area contributed by atoms with Crippen molar-refractivity contribution in [2.24, 2.45) is 0 Å². The number of piperazine rings is 1. The molecule has 0 aliphatic carbocycles. The van der Waals surface area contributed by atoms with Gasteiger partial charge >= 0.3 is 0 Å². The normalized spacial score (nSPS) is 21.9. The fourth-order valence-corrected chi connectivity index (χ4v) is 4.91. The van der Waals surface area contributed by atoms with E-state index in [2.05, 4.69) is 42.0 Å². The maximum absolute atomic E-state index is 14.0. The first-order valence-corrected chi connectivity index (χ1v) is 9.41. The molecule has 2 heterocycles. The van der Waals surface area contributed by atoms with Crippen molar-refractivity contribution in [3.8, 4) is 0 Å². The first-order valence-electron chi connectivity index (χ1n) is 8.59. The number of nitrogens with zero attached hydrogens (tertiary/aromatic N) is 2. The maximum atomic E-state index is 14.0. The maximum Gasteiger partial charge on any atom is 0.123 e. The lowest BCUT2D eigenvalue weighted by atomic mass is 9.96. The third-order valence-electron chi connectivity index (χ3n) is 5.17. The second-order valence-corrected chi connectivity index (χ2v) is 8.04. The Balaban J connectivity index is 1.77. The number of likely N-dealkylation sites (N-methyl/N-ethyl adjacent to an activating group) is 1. The van der Waals surface area contributed by atoms with Crippen LogP contribution in [0.15, 0.2) is 46.2 Å². The molecule has 1 unspecified atom stereocenters. The Morgan fingerprint density at radius 3 is 2.58 bits per heavy atom. The van der Waals surface area contributed by atoms with E-state index in [1.165, 1.54) is 20.9 Å². The minimum absolute atomic E-state index is 0.129. The number of benzene rings is 2. The SMILES string of the molecule is Cc1ccc2c(c1)Sc1ccc(F)cc1C(N1CCN(C)CC1)C2. The molecule has 2 aliphatic heterocycles. The summed E-state index contributed by atoms with van der Waals surface area (Å²) < 4.78 is 14.0. The lowest BCUT2D eigenvalue weighted by Gasteiger charge is -2.38. The summed E-state index contributed by atoms with van der Waals surface area (Å²) in [5.74, 6) is -0.129. The van der Waals surface area contributed by atoms with E-state index >= 15 is 0 Å². The van der Waals surface area contributed by atoms with Crippen molar-refractivity contribution >= 4 is 11.8 Å². The molecular formula is C20H23FN2S. The van der Waals surface area contributed by atoms with Crippen molar-refractivity contribution in [2.75, 3.05) is 33.2 Å². The van der Waals surface area contributed by atoms with Gasteiger partial charge in [-0.3, -0.25) is 4.90 Å². The molecule has 0 aromatic heterocycles. The molecule has 2 nitrogen and oxygen atoms in total. The number of halogens is 1. The monoisotopic (exact) mass is 342 g/mol. The van der Waals surface area contributed by atoms with Gasteiger partial charge in [-0.15, -0.1) is 0 Å². The highest BCUT2D eigenvalue weighted by Crippen LogP contribution is 2.43. The van der Waals surface area contributed by atoms with Gasteiger partial charge in [0.25, 0.3) is 0 Å². The molecule has 2 aromatic rings. The lowest BCUT2D eigenvalue weighted by Crippen LogP contribution is -2.46. The number of hydrogen-bond acceptors (Lipinski definition) is 3. The van der Waals surface area contributed by atoms with Crippen molar-refractivity contribution < 1.29 is 4.39 Å². The molecule has 2 aliphatic rings. The van der Waals surface area contributed by atoms with Gasteiger partial charge in [-0.25, -0.2) is 4.39 Å². The van der Waals surface area contributed by atoms with E-state index in [1.54, 1.807) is 23.9 Å². The first-order chi connectivity index (χ1) is 11.6. The van der Waals surface area contributed by atoms with E-state index < -0.39 is 0 Å². The van der Waals surface area contributed by atoms with Gasteiger partial charge in [0, 0.05) is 42.0 Å². The van der Waals surface area contributed by atoms with Crippen LogP contribution in [0, 0.1) is 12.7 Å². The van der Waals surface area contributed by atoms with Crippen LogP contribution in [0.3, 0.4) is 0 Å². The quantitative estimate of drug-likeness (QED) is 0.769. The Morgan fingerprint density at radius 1 is 1.00 bits per heavy atom. The molecule has 1 saturated heterocycles. The van der Waals surface area contributed by atoms with E-state index in [1.807, 2.05) is 6.07 Å². The smallest absolute Gasteiger partial charge is 0.123 e. The predicted molar refractivity (Wildman–Crippen MR) is 97.2 cm³/mol.